The molecule has 1 fully saturated rings. The molecule has 1 aliphatic carbocycles. The second kappa shape index (κ2) is 4.51. The first-order valence-electron chi connectivity index (χ1n) is 5.47. The summed E-state index contributed by atoms with van der Waals surface area (Å²) in [6.07, 6.45) is 2.22. The van der Waals surface area contributed by atoms with Crippen molar-refractivity contribution in [2.24, 2.45) is 0 Å². The third-order valence-electron chi connectivity index (χ3n) is 2.90. The molecule has 1 N–H and O–H groups in total. The molecule has 0 radical (unpaired) electrons. The van der Waals surface area contributed by atoms with Gasteiger partial charge >= 0.3 is 5.97 Å². The summed E-state index contributed by atoms with van der Waals surface area (Å²) in [6.45, 7) is 4.12. The third kappa shape index (κ3) is 2.59. The highest BCUT2D eigenvalue weighted by Crippen LogP contribution is 2.34. The van der Waals surface area contributed by atoms with Gasteiger partial charge in [-0.2, -0.15) is 0 Å². The molecule has 0 aliphatic heterocycles. The number of thiazole rings is 1. The van der Waals surface area contributed by atoms with Gasteiger partial charge in [-0.15, -0.1) is 11.3 Å². The fraction of sp³-hybridized carbons (Fsp3) is 0.636. The number of aliphatic carboxylic acids is 1. The SMILES string of the molecule is Cc1nc(C(C)N(CC(=O)O)C2CC2)cs1. The first kappa shape index (κ1) is 11.5. The van der Waals surface area contributed by atoms with Crippen LogP contribution in [0.3, 0.4) is 0 Å². The van der Waals surface area contributed by atoms with Gasteiger partial charge in [0.1, 0.15) is 0 Å². The van der Waals surface area contributed by atoms with Crippen molar-refractivity contribution in [2.75, 3.05) is 6.54 Å². The predicted octanol–water partition coefficient (Wildman–Crippen LogP) is 2.06. The summed E-state index contributed by atoms with van der Waals surface area (Å²) in [5, 5.41) is 12.0. The quantitative estimate of drug-likeness (QED) is 0.856. The third-order valence-corrected chi connectivity index (χ3v) is 3.69. The summed E-state index contributed by atoms with van der Waals surface area (Å²) < 4.78 is 0. The number of aryl methyl sites for hydroxylation is 1. The molecular weight excluding hydrogens is 224 g/mol. The second-order valence-electron chi connectivity index (χ2n) is 4.26. The molecule has 1 atom stereocenters. The van der Waals surface area contributed by atoms with Crippen molar-refractivity contribution in [1.29, 1.82) is 0 Å². The number of carboxylic acid groups (broad SMARTS) is 1. The topological polar surface area (TPSA) is 53.4 Å². The summed E-state index contributed by atoms with van der Waals surface area (Å²) in [5.41, 5.74) is 0.996. The highest BCUT2D eigenvalue weighted by Gasteiger charge is 2.34. The highest BCUT2D eigenvalue weighted by molar-refractivity contribution is 7.09. The zero-order valence-corrected chi connectivity index (χ0v) is 10.3. The van der Waals surface area contributed by atoms with Crippen LogP contribution in [0.4, 0.5) is 0 Å². The number of hydrogen-bond donors (Lipinski definition) is 1. The standard InChI is InChI=1S/C11H16N2O2S/c1-7(10-6-16-8(2)12-10)13(5-11(14)15)9-3-4-9/h6-7,9H,3-5H2,1-2H3,(H,14,15). The molecule has 88 valence electrons. The predicted molar refractivity (Wildman–Crippen MR) is 62.6 cm³/mol. The normalized spacial score (nSPS) is 17.7. The molecule has 0 amide bonds. The molecule has 4 nitrogen and oxygen atoms in total. The minimum atomic E-state index is -0.759. The molecule has 0 aromatic carbocycles. The molecule has 5 heteroatoms. The van der Waals surface area contributed by atoms with Gasteiger partial charge in [0, 0.05) is 11.4 Å². The van der Waals surface area contributed by atoms with Crippen LogP contribution in [0.15, 0.2) is 5.38 Å². The maximum absolute atomic E-state index is 10.8. The maximum atomic E-state index is 10.8. The van der Waals surface area contributed by atoms with Crippen LogP contribution in [-0.2, 0) is 4.79 Å². The van der Waals surface area contributed by atoms with Gasteiger partial charge in [-0.05, 0) is 26.7 Å². The van der Waals surface area contributed by atoms with Crippen LogP contribution in [0.2, 0.25) is 0 Å². The summed E-state index contributed by atoms with van der Waals surface area (Å²) >= 11 is 1.62. The van der Waals surface area contributed by atoms with E-state index < -0.39 is 5.97 Å². The van der Waals surface area contributed by atoms with Gasteiger partial charge in [0.25, 0.3) is 0 Å². The Labute approximate surface area is 98.9 Å². The minimum Gasteiger partial charge on any atom is -0.480 e. The molecular formula is C11H16N2O2S. The lowest BCUT2D eigenvalue weighted by Crippen LogP contribution is -2.34. The first-order chi connectivity index (χ1) is 7.58. The number of aromatic nitrogens is 1. The molecule has 1 aliphatic rings. The van der Waals surface area contributed by atoms with E-state index in [-0.39, 0.29) is 12.6 Å². The highest BCUT2D eigenvalue weighted by atomic mass is 32.1. The van der Waals surface area contributed by atoms with E-state index in [2.05, 4.69) is 4.98 Å². The molecule has 1 heterocycles. The van der Waals surface area contributed by atoms with E-state index in [0.717, 1.165) is 23.5 Å². The van der Waals surface area contributed by atoms with Crippen molar-refractivity contribution in [3.8, 4) is 0 Å². The van der Waals surface area contributed by atoms with Crippen molar-refractivity contribution >= 4 is 17.3 Å². The number of carbonyl (C=O) groups is 1. The average Bonchev–Trinajstić information content (AvgIpc) is 2.96. The van der Waals surface area contributed by atoms with Gasteiger partial charge in [0.15, 0.2) is 0 Å². The Bertz CT molecular complexity index is 387. The number of rotatable bonds is 5. The summed E-state index contributed by atoms with van der Waals surface area (Å²) in [4.78, 5) is 17.3. The second-order valence-corrected chi connectivity index (χ2v) is 5.33. The molecule has 1 saturated carbocycles. The van der Waals surface area contributed by atoms with E-state index in [9.17, 15) is 4.79 Å². The molecule has 0 saturated heterocycles. The Morgan fingerprint density at radius 1 is 1.75 bits per heavy atom. The van der Waals surface area contributed by atoms with Gasteiger partial charge in [0.05, 0.1) is 23.3 Å². The van der Waals surface area contributed by atoms with E-state index in [0.29, 0.717) is 6.04 Å². The smallest absolute Gasteiger partial charge is 0.317 e. The lowest BCUT2D eigenvalue weighted by molar-refractivity contribution is -0.139. The minimum absolute atomic E-state index is 0.105. The molecule has 1 aromatic rings. The Kier molecular flexibility index (Phi) is 3.25. The molecule has 2 rings (SSSR count). The van der Waals surface area contributed by atoms with Crippen molar-refractivity contribution in [3.05, 3.63) is 16.1 Å². The van der Waals surface area contributed by atoms with Crippen molar-refractivity contribution in [1.82, 2.24) is 9.88 Å². The van der Waals surface area contributed by atoms with Crippen molar-refractivity contribution in [3.63, 3.8) is 0 Å². The Morgan fingerprint density at radius 3 is 2.88 bits per heavy atom. The van der Waals surface area contributed by atoms with E-state index >= 15 is 0 Å². The lowest BCUT2D eigenvalue weighted by Gasteiger charge is -2.26. The molecule has 0 spiro atoms. The van der Waals surface area contributed by atoms with Gasteiger partial charge in [-0.3, -0.25) is 9.69 Å². The van der Waals surface area contributed by atoms with Crippen molar-refractivity contribution in [2.45, 2.75) is 38.8 Å². The number of hydrogen-bond acceptors (Lipinski definition) is 4. The molecule has 0 bridgehead atoms. The molecule has 1 unspecified atom stereocenters. The molecule has 16 heavy (non-hydrogen) atoms. The summed E-state index contributed by atoms with van der Waals surface area (Å²) in [7, 11) is 0. The average molecular weight is 240 g/mol. The van der Waals surface area contributed by atoms with Gasteiger partial charge < -0.3 is 5.11 Å². The molecule has 1 aromatic heterocycles. The number of carboxylic acids is 1. The van der Waals surface area contributed by atoms with E-state index in [1.165, 1.54) is 0 Å². The number of nitrogens with zero attached hydrogens (tertiary/aromatic N) is 2. The largest absolute Gasteiger partial charge is 0.480 e. The fourth-order valence-corrected chi connectivity index (χ4v) is 2.59. The monoisotopic (exact) mass is 240 g/mol. The van der Waals surface area contributed by atoms with E-state index in [1.807, 2.05) is 24.1 Å². The van der Waals surface area contributed by atoms with Crippen LogP contribution in [-0.4, -0.2) is 33.5 Å². The van der Waals surface area contributed by atoms with Gasteiger partial charge in [-0.1, -0.05) is 0 Å². The van der Waals surface area contributed by atoms with Gasteiger partial charge in [-0.25, -0.2) is 4.98 Å². The van der Waals surface area contributed by atoms with Crippen LogP contribution in [0.1, 0.15) is 36.5 Å². The van der Waals surface area contributed by atoms with Crippen LogP contribution < -0.4 is 0 Å². The zero-order chi connectivity index (χ0) is 11.7. The fourth-order valence-electron chi connectivity index (χ4n) is 1.89. The van der Waals surface area contributed by atoms with Crippen LogP contribution in [0, 0.1) is 6.92 Å². The Morgan fingerprint density at radius 2 is 2.44 bits per heavy atom. The van der Waals surface area contributed by atoms with E-state index in [4.69, 9.17) is 5.11 Å². The first-order valence-corrected chi connectivity index (χ1v) is 6.35. The van der Waals surface area contributed by atoms with Crippen LogP contribution in [0.25, 0.3) is 0 Å². The Hall–Kier alpha value is -0.940. The van der Waals surface area contributed by atoms with Crippen LogP contribution in [0.5, 0.6) is 0 Å². The van der Waals surface area contributed by atoms with E-state index in [1.54, 1.807) is 11.3 Å². The van der Waals surface area contributed by atoms with Crippen LogP contribution >= 0.6 is 11.3 Å². The summed E-state index contributed by atoms with van der Waals surface area (Å²) in [6, 6.07) is 0.543. The van der Waals surface area contributed by atoms with Gasteiger partial charge in [0.2, 0.25) is 0 Å². The summed E-state index contributed by atoms with van der Waals surface area (Å²) in [5.74, 6) is -0.759. The zero-order valence-electron chi connectivity index (χ0n) is 9.51. The lowest BCUT2D eigenvalue weighted by atomic mass is 10.2. The Balaban J connectivity index is 2.10. The van der Waals surface area contributed by atoms with Crippen molar-refractivity contribution < 1.29 is 9.90 Å². The maximum Gasteiger partial charge on any atom is 0.317 e.